The van der Waals surface area contributed by atoms with E-state index in [0.717, 1.165) is 24.0 Å². The second-order valence-corrected chi connectivity index (χ2v) is 6.20. The van der Waals surface area contributed by atoms with E-state index in [1.807, 2.05) is 6.07 Å². The SMILES string of the molecule is CCN(c1cccc(C)c1)c1nccc(NC(C)(C)C)n1. The van der Waals surface area contributed by atoms with Crippen molar-refractivity contribution in [3.05, 3.63) is 42.1 Å². The number of hydrogen-bond donors (Lipinski definition) is 1. The van der Waals surface area contributed by atoms with Gasteiger partial charge in [-0.05, 0) is 58.4 Å². The first-order valence-corrected chi connectivity index (χ1v) is 7.34. The molecule has 21 heavy (non-hydrogen) atoms. The van der Waals surface area contributed by atoms with Crippen LogP contribution in [0, 0.1) is 6.92 Å². The van der Waals surface area contributed by atoms with E-state index in [1.54, 1.807) is 6.20 Å². The molecule has 0 spiro atoms. The zero-order valence-electron chi connectivity index (χ0n) is 13.5. The van der Waals surface area contributed by atoms with Gasteiger partial charge in [-0.25, -0.2) is 4.98 Å². The van der Waals surface area contributed by atoms with Gasteiger partial charge in [-0.15, -0.1) is 0 Å². The smallest absolute Gasteiger partial charge is 0.231 e. The Morgan fingerprint density at radius 1 is 1.19 bits per heavy atom. The van der Waals surface area contributed by atoms with Crippen LogP contribution >= 0.6 is 0 Å². The predicted octanol–water partition coefficient (Wildman–Crippen LogP) is 4.15. The molecule has 0 amide bonds. The molecule has 1 aromatic carbocycles. The van der Waals surface area contributed by atoms with Crippen molar-refractivity contribution in [2.45, 2.75) is 40.2 Å². The van der Waals surface area contributed by atoms with Crippen molar-refractivity contribution in [2.24, 2.45) is 0 Å². The second-order valence-electron chi connectivity index (χ2n) is 6.20. The van der Waals surface area contributed by atoms with Crippen LogP contribution in [0.4, 0.5) is 17.5 Å². The number of nitrogens with one attached hydrogen (secondary N) is 1. The molecule has 0 aliphatic carbocycles. The van der Waals surface area contributed by atoms with E-state index in [9.17, 15) is 0 Å². The zero-order chi connectivity index (χ0) is 15.5. The Labute approximate surface area is 127 Å². The number of benzene rings is 1. The third-order valence-corrected chi connectivity index (χ3v) is 3.02. The Kier molecular flexibility index (Phi) is 4.46. The van der Waals surface area contributed by atoms with E-state index < -0.39 is 0 Å². The van der Waals surface area contributed by atoms with Gasteiger partial charge >= 0.3 is 0 Å². The van der Waals surface area contributed by atoms with Crippen LogP contribution in [-0.4, -0.2) is 22.1 Å². The Morgan fingerprint density at radius 2 is 1.95 bits per heavy atom. The summed E-state index contributed by atoms with van der Waals surface area (Å²) in [5, 5.41) is 3.39. The fourth-order valence-electron chi connectivity index (χ4n) is 2.17. The molecular formula is C17H24N4. The summed E-state index contributed by atoms with van der Waals surface area (Å²) in [5.74, 6) is 1.57. The molecule has 1 N–H and O–H groups in total. The maximum absolute atomic E-state index is 4.64. The molecule has 0 aliphatic heterocycles. The molecule has 0 fully saturated rings. The van der Waals surface area contributed by atoms with Gasteiger partial charge in [0.25, 0.3) is 0 Å². The highest BCUT2D eigenvalue weighted by molar-refractivity contribution is 5.59. The molecule has 1 heterocycles. The Balaban J connectivity index is 2.32. The summed E-state index contributed by atoms with van der Waals surface area (Å²) in [6.07, 6.45) is 1.80. The molecule has 0 unspecified atom stereocenters. The summed E-state index contributed by atoms with van der Waals surface area (Å²) in [6.45, 7) is 11.4. The van der Waals surface area contributed by atoms with Gasteiger partial charge in [0.05, 0.1) is 0 Å². The van der Waals surface area contributed by atoms with Crippen LogP contribution in [0.5, 0.6) is 0 Å². The lowest BCUT2D eigenvalue weighted by atomic mass is 10.1. The minimum atomic E-state index is -0.0218. The molecule has 112 valence electrons. The Hall–Kier alpha value is -2.10. The van der Waals surface area contributed by atoms with Crippen molar-refractivity contribution >= 4 is 17.5 Å². The maximum Gasteiger partial charge on any atom is 0.231 e. The highest BCUT2D eigenvalue weighted by Gasteiger charge is 2.14. The molecule has 1 aromatic heterocycles. The van der Waals surface area contributed by atoms with Gasteiger partial charge in [0.2, 0.25) is 5.95 Å². The minimum absolute atomic E-state index is 0.0218. The molecule has 0 radical (unpaired) electrons. The van der Waals surface area contributed by atoms with Crippen LogP contribution < -0.4 is 10.2 Å². The van der Waals surface area contributed by atoms with Crippen molar-refractivity contribution < 1.29 is 0 Å². The van der Waals surface area contributed by atoms with Crippen LogP contribution in [0.25, 0.3) is 0 Å². The van der Waals surface area contributed by atoms with Gasteiger partial charge < -0.3 is 10.2 Å². The van der Waals surface area contributed by atoms with Crippen LogP contribution in [0.2, 0.25) is 0 Å². The molecule has 0 aliphatic rings. The molecule has 2 aromatic rings. The highest BCUT2D eigenvalue weighted by Crippen LogP contribution is 2.24. The number of hydrogen-bond acceptors (Lipinski definition) is 4. The first-order chi connectivity index (χ1) is 9.89. The summed E-state index contributed by atoms with van der Waals surface area (Å²) in [5.41, 5.74) is 2.33. The number of rotatable bonds is 4. The van der Waals surface area contributed by atoms with Crippen LogP contribution in [-0.2, 0) is 0 Å². The lowest BCUT2D eigenvalue weighted by Gasteiger charge is -2.24. The van der Waals surface area contributed by atoms with Gasteiger partial charge in [0.1, 0.15) is 5.82 Å². The third-order valence-electron chi connectivity index (χ3n) is 3.02. The predicted molar refractivity (Wildman–Crippen MR) is 89.3 cm³/mol. The average Bonchev–Trinajstić information content (AvgIpc) is 2.38. The van der Waals surface area contributed by atoms with E-state index in [4.69, 9.17) is 0 Å². The highest BCUT2D eigenvalue weighted by atomic mass is 15.3. The van der Waals surface area contributed by atoms with Gasteiger partial charge in [0, 0.05) is 24.0 Å². The summed E-state index contributed by atoms with van der Waals surface area (Å²) in [4.78, 5) is 11.2. The second kappa shape index (κ2) is 6.12. The molecule has 0 bridgehead atoms. The van der Waals surface area contributed by atoms with Gasteiger partial charge in [-0.1, -0.05) is 12.1 Å². The summed E-state index contributed by atoms with van der Waals surface area (Å²) >= 11 is 0. The Bertz CT molecular complexity index is 602. The fourth-order valence-corrected chi connectivity index (χ4v) is 2.17. The average molecular weight is 284 g/mol. The van der Waals surface area contributed by atoms with Crippen LogP contribution in [0.15, 0.2) is 36.5 Å². The molecule has 4 heteroatoms. The zero-order valence-corrected chi connectivity index (χ0v) is 13.5. The van der Waals surface area contributed by atoms with Crippen molar-refractivity contribution in [3.63, 3.8) is 0 Å². The van der Waals surface area contributed by atoms with Gasteiger partial charge in [-0.2, -0.15) is 4.98 Å². The molecule has 0 saturated carbocycles. The standard InChI is InChI=1S/C17H24N4/c1-6-21(14-9-7-8-13(2)12-14)16-18-11-10-15(19-16)20-17(3,4)5/h7-12H,6H2,1-5H3,(H,18,19,20). The van der Waals surface area contributed by atoms with Gasteiger partial charge in [-0.3, -0.25) is 0 Å². The third kappa shape index (κ3) is 4.18. The number of nitrogens with zero attached hydrogens (tertiary/aromatic N) is 3. The van der Waals surface area contributed by atoms with Crippen molar-refractivity contribution in [1.29, 1.82) is 0 Å². The minimum Gasteiger partial charge on any atom is -0.365 e. The normalized spacial score (nSPS) is 11.3. The van der Waals surface area contributed by atoms with E-state index in [-0.39, 0.29) is 5.54 Å². The number of anilines is 3. The van der Waals surface area contributed by atoms with Crippen LogP contribution in [0.3, 0.4) is 0 Å². The largest absolute Gasteiger partial charge is 0.365 e. The molecule has 0 atom stereocenters. The first-order valence-electron chi connectivity index (χ1n) is 7.34. The van der Waals surface area contributed by atoms with Crippen molar-refractivity contribution in [3.8, 4) is 0 Å². The quantitative estimate of drug-likeness (QED) is 0.915. The Morgan fingerprint density at radius 3 is 2.57 bits per heavy atom. The first kappa shape index (κ1) is 15.3. The lowest BCUT2D eigenvalue weighted by Crippen LogP contribution is -2.27. The summed E-state index contributed by atoms with van der Waals surface area (Å²) in [6, 6.07) is 10.3. The molecular weight excluding hydrogens is 260 g/mol. The van der Waals surface area contributed by atoms with E-state index in [1.165, 1.54) is 5.56 Å². The van der Waals surface area contributed by atoms with Crippen molar-refractivity contribution in [1.82, 2.24) is 9.97 Å². The van der Waals surface area contributed by atoms with E-state index >= 15 is 0 Å². The summed E-state index contributed by atoms with van der Waals surface area (Å²) < 4.78 is 0. The molecule has 0 saturated heterocycles. The fraction of sp³-hybridized carbons (Fsp3) is 0.412. The lowest BCUT2D eigenvalue weighted by molar-refractivity contribution is 0.630. The van der Waals surface area contributed by atoms with Gasteiger partial charge in [0.15, 0.2) is 0 Å². The topological polar surface area (TPSA) is 41.1 Å². The maximum atomic E-state index is 4.64. The summed E-state index contributed by atoms with van der Waals surface area (Å²) in [7, 11) is 0. The van der Waals surface area contributed by atoms with Crippen molar-refractivity contribution in [2.75, 3.05) is 16.8 Å². The number of aryl methyl sites for hydroxylation is 1. The molecule has 2 rings (SSSR count). The number of aromatic nitrogens is 2. The van der Waals surface area contributed by atoms with Crippen LogP contribution in [0.1, 0.15) is 33.3 Å². The van der Waals surface area contributed by atoms with E-state index in [2.05, 4.69) is 79.1 Å². The molecule has 4 nitrogen and oxygen atoms in total. The van der Waals surface area contributed by atoms with E-state index in [0.29, 0.717) is 0 Å². The monoisotopic (exact) mass is 284 g/mol.